The van der Waals surface area contributed by atoms with Gasteiger partial charge in [-0.1, -0.05) is 25.8 Å². The molecule has 0 spiro atoms. The Morgan fingerprint density at radius 2 is 1.83 bits per heavy atom. The molecule has 2 atom stereocenters. The van der Waals surface area contributed by atoms with Crippen LogP contribution < -0.4 is 14.2 Å². The van der Waals surface area contributed by atoms with Crippen LogP contribution in [0.1, 0.15) is 62.3 Å². The lowest BCUT2D eigenvalue weighted by atomic mass is 9.94. The van der Waals surface area contributed by atoms with Crippen LogP contribution in [-0.2, 0) is 20.7 Å². The lowest BCUT2D eigenvalue weighted by Gasteiger charge is -2.29. The Bertz CT molecular complexity index is 1320. The van der Waals surface area contributed by atoms with E-state index in [0.717, 1.165) is 50.2 Å². The second-order valence-corrected chi connectivity index (χ2v) is 11.2. The van der Waals surface area contributed by atoms with Gasteiger partial charge in [0.05, 0.1) is 38.5 Å². The molecule has 1 amide bonds. The molecular weight excluding hydrogens is 536 g/mol. The molecule has 0 saturated carbocycles. The molecule has 3 aliphatic rings. The zero-order valence-corrected chi connectivity index (χ0v) is 24.9. The molecule has 42 heavy (non-hydrogen) atoms. The van der Waals surface area contributed by atoms with Gasteiger partial charge in [0, 0.05) is 38.2 Å². The number of unbranched alkanes of at least 4 members (excludes halogenated alkanes) is 2. The number of fused-ring (bicyclic) bond motifs is 1. The Balaban J connectivity index is 1.48. The van der Waals surface area contributed by atoms with E-state index in [4.69, 9.17) is 18.9 Å². The van der Waals surface area contributed by atoms with Gasteiger partial charge in [-0.05, 0) is 61.2 Å². The number of aliphatic hydroxyl groups excluding tert-OH is 1. The number of hydrogen-bond acceptors (Lipinski definition) is 8. The first-order valence-electron chi connectivity index (χ1n) is 15.1. The Hall–Kier alpha value is -3.56. The number of amides is 1. The van der Waals surface area contributed by atoms with E-state index in [0.29, 0.717) is 61.8 Å². The van der Waals surface area contributed by atoms with Crippen LogP contribution in [0, 0.1) is 0 Å². The maximum atomic E-state index is 13.6. The number of Topliss-reactive ketones (excluding diaryl/α,β-unsaturated/α-hetero) is 1. The van der Waals surface area contributed by atoms with Crippen molar-refractivity contribution in [1.29, 1.82) is 0 Å². The van der Waals surface area contributed by atoms with Gasteiger partial charge in [-0.2, -0.15) is 0 Å². The molecule has 1 N–H and O–H groups in total. The SMILES string of the molecule is CCCCCOc1ccc(C2/C(=C(\O)c3ccc4c(c3)CC(C)O4)C(=O)C(=O)N2CCCN2CCOCC2)cc1OC. The van der Waals surface area contributed by atoms with Crippen molar-refractivity contribution in [3.8, 4) is 17.2 Å². The highest BCUT2D eigenvalue weighted by atomic mass is 16.5. The monoisotopic (exact) mass is 578 g/mol. The van der Waals surface area contributed by atoms with Gasteiger partial charge in [-0.15, -0.1) is 0 Å². The van der Waals surface area contributed by atoms with Gasteiger partial charge in [0.15, 0.2) is 11.5 Å². The first kappa shape index (κ1) is 29.9. The average molecular weight is 579 g/mol. The maximum absolute atomic E-state index is 13.6. The van der Waals surface area contributed by atoms with Crippen LogP contribution in [0.15, 0.2) is 42.0 Å². The summed E-state index contributed by atoms with van der Waals surface area (Å²) in [7, 11) is 1.57. The molecule has 0 bridgehead atoms. The second-order valence-electron chi connectivity index (χ2n) is 11.2. The van der Waals surface area contributed by atoms with E-state index in [1.807, 2.05) is 37.3 Å². The number of methoxy groups -OCH3 is 1. The Morgan fingerprint density at radius 3 is 2.60 bits per heavy atom. The first-order chi connectivity index (χ1) is 20.4. The fourth-order valence-electron chi connectivity index (χ4n) is 5.98. The molecule has 2 unspecified atom stereocenters. The fraction of sp³-hybridized carbons (Fsp3) is 0.515. The number of ketones is 1. The highest BCUT2D eigenvalue weighted by Crippen LogP contribution is 2.43. The molecule has 3 heterocycles. The third-order valence-corrected chi connectivity index (χ3v) is 8.20. The van der Waals surface area contributed by atoms with Crippen LogP contribution in [0.25, 0.3) is 5.76 Å². The lowest BCUT2D eigenvalue weighted by molar-refractivity contribution is -0.140. The standard InChI is InChI=1S/C33H42N2O7/c1-4-5-6-16-41-27-11-8-23(21-28(27)39-3)30-29(31(36)24-9-10-26-25(20-24)19-22(2)42-26)32(37)33(38)35(30)13-7-12-34-14-17-40-18-15-34/h8-11,20-22,30,36H,4-7,12-19H2,1-3H3/b31-29+. The van der Waals surface area contributed by atoms with E-state index >= 15 is 0 Å². The summed E-state index contributed by atoms with van der Waals surface area (Å²) >= 11 is 0. The van der Waals surface area contributed by atoms with Crippen LogP contribution in [0.2, 0.25) is 0 Å². The van der Waals surface area contributed by atoms with E-state index in [1.54, 1.807) is 18.1 Å². The molecule has 9 heteroatoms. The molecule has 226 valence electrons. The molecule has 2 aromatic carbocycles. The van der Waals surface area contributed by atoms with Crippen molar-refractivity contribution in [3.63, 3.8) is 0 Å². The number of carbonyl (C=O) groups is 2. The predicted molar refractivity (Wildman–Crippen MR) is 159 cm³/mol. The number of likely N-dealkylation sites (tertiary alicyclic amines) is 1. The number of hydrogen-bond donors (Lipinski definition) is 1. The summed E-state index contributed by atoms with van der Waals surface area (Å²) in [5.41, 5.74) is 2.22. The lowest BCUT2D eigenvalue weighted by Crippen LogP contribution is -2.39. The molecule has 0 radical (unpaired) electrons. The highest BCUT2D eigenvalue weighted by Gasteiger charge is 2.46. The minimum absolute atomic E-state index is 0.0459. The van der Waals surface area contributed by atoms with Gasteiger partial charge < -0.3 is 29.0 Å². The Labute approximate surface area is 248 Å². The summed E-state index contributed by atoms with van der Waals surface area (Å²) in [6, 6.07) is 10.1. The number of rotatable bonds is 12. The predicted octanol–water partition coefficient (Wildman–Crippen LogP) is 4.73. The fourth-order valence-corrected chi connectivity index (χ4v) is 5.98. The van der Waals surface area contributed by atoms with Gasteiger partial charge in [0.25, 0.3) is 11.7 Å². The summed E-state index contributed by atoms with van der Waals surface area (Å²) in [5, 5.41) is 11.6. The molecule has 0 aliphatic carbocycles. The minimum Gasteiger partial charge on any atom is -0.507 e. The second kappa shape index (κ2) is 13.6. The van der Waals surface area contributed by atoms with E-state index in [9.17, 15) is 14.7 Å². The zero-order valence-electron chi connectivity index (χ0n) is 24.9. The van der Waals surface area contributed by atoms with Crippen molar-refractivity contribution in [3.05, 3.63) is 58.7 Å². The smallest absolute Gasteiger partial charge is 0.295 e. The van der Waals surface area contributed by atoms with E-state index in [2.05, 4.69) is 11.8 Å². The van der Waals surface area contributed by atoms with Gasteiger partial charge in [-0.3, -0.25) is 14.5 Å². The molecular formula is C33H42N2O7. The van der Waals surface area contributed by atoms with E-state index < -0.39 is 17.7 Å². The molecule has 2 saturated heterocycles. The third-order valence-electron chi connectivity index (χ3n) is 8.20. The minimum atomic E-state index is -0.763. The number of morpholine rings is 1. The summed E-state index contributed by atoms with van der Waals surface area (Å²) in [6.45, 7) is 8.95. The summed E-state index contributed by atoms with van der Waals surface area (Å²) in [5.74, 6) is 0.419. The van der Waals surface area contributed by atoms with Crippen molar-refractivity contribution >= 4 is 17.4 Å². The topological polar surface area (TPSA) is 97.8 Å². The van der Waals surface area contributed by atoms with E-state index in [-0.39, 0.29) is 17.4 Å². The van der Waals surface area contributed by atoms with Crippen LogP contribution >= 0.6 is 0 Å². The van der Waals surface area contributed by atoms with Gasteiger partial charge in [0.1, 0.15) is 17.6 Å². The first-order valence-corrected chi connectivity index (χ1v) is 15.1. The molecule has 3 aliphatic heterocycles. The number of nitrogens with zero attached hydrogens (tertiary/aromatic N) is 2. The van der Waals surface area contributed by atoms with E-state index in [1.165, 1.54) is 0 Å². The number of benzene rings is 2. The number of ether oxygens (including phenoxy) is 4. The number of aliphatic hydroxyl groups is 1. The normalized spacial score (nSPS) is 21.8. The molecule has 5 rings (SSSR count). The van der Waals surface area contributed by atoms with Crippen LogP contribution in [-0.4, -0.2) is 85.8 Å². The van der Waals surface area contributed by atoms with Gasteiger partial charge in [-0.25, -0.2) is 0 Å². The third kappa shape index (κ3) is 6.42. The van der Waals surface area contributed by atoms with Gasteiger partial charge in [0.2, 0.25) is 0 Å². The van der Waals surface area contributed by atoms with Crippen molar-refractivity contribution in [2.75, 3.05) is 53.1 Å². The van der Waals surface area contributed by atoms with Crippen LogP contribution in [0.3, 0.4) is 0 Å². The molecule has 0 aromatic heterocycles. The maximum Gasteiger partial charge on any atom is 0.295 e. The quantitative estimate of drug-likeness (QED) is 0.167. The summed E-state index contributed by atoms with van der Waals surface area (Å²) < 4.78 is 22.9. The van der Waals surface area contributed by atoms with Crippen LogP contribution in [0.4, 0.5) is 0 Å². The summed E-state index contributed by atoms with van der Waals surface area (Å²) in [4.78, 5) is 31.0. The van der Waals surface area contributed by atoms with Crippen molar-refractivity contribution in [1.82, 2.24) is 9.80 Å². The largest absolute Gasteiger partial charge is 0.507 e. The van der Waals surface area contributed by atoms with Crippen LogP contribution in [0.5, 0.6) is 17.2 Å². The van der Waals surface area contributed by atoms with Gasteiger partial charge >= 0.3 is 0 Å². The van der Waals surface area contributed by atoms with Crippen molar-refractivity contribution in [2.24, 2.45) is 0 Å². The van der Waals surface area contributed by atoms with Crippen molar-refractivity contribution in [2.45, 2.75) is 58.1 Å². The Kier molecular flexibility index (Phi) is 9.69. The number of carbonyl (C=O) groups excluding carboxylic acids is 2. The average Bonchev–Trinajstić information content (AvgIpc) is 3.50. The molecule has 9 nitrogen and oxygen atoms in total. The summed E-state index contributed by atoms with van der Waals surface area (Å²) in [6.07, 6.45) is 4.56. The highest BCUT2D eigenvalue weighted by molar-refractivity contribution is 6.46. The molecule has 2 aromatic rings. The van der Waals surface area contributed by atoms with Crippen molar-refractivity contribution < 1.29 is 33.6 Å². The Morgan fingerprint density at radius 1 is 1.02 bits per heavy atom. The zero-order chi connectivity index (χ0) is 29.6. The molecule has 2 fully saturated rings.